The second-order valence-corrected chi connectivity index (χ2v) is 2.99. The molecule has 1 unspecified atom stereocenters. The Balaban J connectivity index is 2.46. The number of aliphatic hydroxyl groups is 1. The Bertz CT molecular complexity index is 326. The Morgan fingerprint density at radius 3 is 3.07 bits per heavy atom. The van der Waals surface area contributed by atoms with Gasteiger partial charge in [0.05, 0.1) is 12.6 Å². The van der Waals surface area contributed by atoms with Crippen LogP contribution in [0.3, 0.4) is 0 Å². The molecule has 0 amide bonds. The fourth-order valence-electron chi connectivity index (χ4n) is 1.05. The van der Waals surface area contributed by atoms with Crippen molar-refractivity contribution in [1.29, 1.82) is 0 Å². The highest BCUT2D eigenvalue weighted by Crippen LogP contribution is 2.00. The van der Waals surface area contributed by atoms with Crippen LogP contribution in [0.4, 0.5) is 5.95 Å². The number of aliphatic hydroxyl groups excluding tert-OH is 1. The van der Waals surface area contributed by atoms with Crippen molar-refractivity contribution < 1.29 is 10.0 Å². The third kappa shape index (κ3) is 3.60. The van der Waals surface area contributed by atoms with E-state index in [4.69, 9.17) is 0 Å². The summed E-state index contributed by atoms with van der Waals surface area (Å²) in [5, 5.41) is 26.3. The van der Waals surface area contributed by atoms with E-state index in [1.54, 1.807) is 0 Å². The van der Waals surface area contributed by atoms with Gasteiger partial charge in [0.15, 0.2) is 0 Å². The lowest BCUT2D eigenvalue weighted by Gasteiger charge is -2.08. The van der Waals surface area contributed by atoms with E-state index >= 15 is 0 Å². The third-order valence-corrected chi connectivity index (χ3v) is 1.72. The first-order valence-corrected chi connectivity index (χ1v) is 4.56. The van der Waals surface area contributed by atoms with Crippen molar-refractivity contribution in [3.05, 3.63) is 16.4 Å². The fourth-order valence-corrected chi connectivity index (χ4v) is 1.05. The van der Waals surface area contributed by atoms with Crippen LogP contribution in [0, 0.1) is 10.1 Å². The van der Waals surface area contributed by atoms with Crippen molar-refractivity contribution >= 4 is 5.95 Å². The van der Waals surface area contributed by atoms with Gasteiger partial charge in [-0.1, -0.05) is 11.9 Å². The van der Waals surface area contributed by atoms with Crippen LogP contribution in [0.15, 0.2) is 6.33 Å². The molecular formula is C7H13N5O3. The zero-order chi connectivity index (χ0) is 11.3. The van der Waals surface area contributed by atoms with E-state index in [1.165, 1.54) is 11.0 Å². The van der Waals surface area contributed by atoms with Crippen molar-refractivity contribution in [2.24, 2.45) is 0 Å². The molecular weight excluding hydrogens is 202 g/mol. The molecule has 0 saturated heterocycles. The lowest BCUT2D eigenvalue weighted by molar-refractivity contribution is -0.394. The summed E-state index contributed by atoms with van der Waals surface area (Å²) >= 11 is 0. The van der Waals surface area contributed by atoms with Crippen LogP contribution in [-0.2, 0) is 6.54 Å². The molecule has 0 aliphatic carbocycles. The summed E-state index contributed by atoms with van der Waals surface area (Å²) in [5.74, 6) is -0.453. The molecule has 1 rings (SSSR count). The summed E-state index contributed by atoms with van der Waals surface area (Å²) in [6.07, 6.45) is 0.596. The van der Waals surface area contributed by atoms with E-state index in [1.807, 2.05) is 6.92 Å². The van der Waals surface area contributed by atoms with Gasteiger partial charge in [-0.3, -0.25) is 0 Å². The van der Waals surface area contributed by atoms with E-state index in [-0.39, 0.29) is 6.54 Å². The van der Waals surface area contributed by atoms with Crippen LogP contribution in [0.25, 0.3) is 0 Å². The van der Waals surface area contributed by atoms with Gasteiger partial charge < -0.3 is 20.5 Å². The standard InChI is InChI=1S/C7H13N5O3/c1-2-8-3-6(13)4-11-5-9-7(10-11)12(14)15/h5-6,8,13H,2-4H2,1H3. The smallest absolute Gasteiger partial charge is 0.390 e. The highest BCUT2D eigenvalue weighted by molar-refractivity contribution is 4.96. The van der Waals surface area contributed by atoms with Crippen molar-refractivity contribution in [3.8, 4) is 0 Å². The number of hydrogen-bond acceptors (Lipinski definition) is 6. The first-order chi connectivity index (χ1) is 7.13. The first kappa shape index (κ1) is 11.5. The maximum Gasteiger partial charge on any atom is 0.490 e. The predicted molar refractivity (Wildman–Crippen MR) is 51.2 cm³/mol. The lowest BCUT2D eigenvalue weighted by Crippen LogP contribution is -2.30. The first-order valence-electron chi connectivity index (χ1n) is 4.56. The Hall–Kier alpha value is -1.54. The van der Waals surface area contributed by atoms with E-state index < -0.39 is 17.0 Å². The molecule has 1 aromatic rings. The van der Waals surface area contributed by atoms with Crippen molar-refractivity contribution in [2.75, 3.05) is 13.1 Å². The highest BCUT2D eigenvalue weighted by atomic mass is 16.6. The number of nitro groups is 1. The van der Waals surface area contributed by atoms with E-state index in [0.29, 0.717) is 6.54 Å². The number of aromatic nitrogens is 3. The summed E-state index contributed by atoms with van der Waals surface area (Å²) in [6, 6.07) is 0. The van der Waals surface area contributed by atoms with Crippen LogP contribution < -0.4 is 5.32 Å². The number of likely N-dealkylation sites (N-methyl/N-ethyl adjacent to an activating group) is 1. The second kappa shape index (κ2) is 5.37. The largest absolute Gasteiger partial charge is 0.490 e. The number of nitrogens with zero attached hydrogens (tertiary/aromatic N) is 4. The van der Waals surface area contributed by atoms with Crippen LogP contribution in [0.2, 0.25) is 0 Å². The number of hydrogen-bond donors (Lipinski definition) is 2. The Kier molecular flexibility index (Phi) is 4.13. The molecule has 2 N–H and O–H groups in total. The molecule has 8 nitrogen and oxygen atoms in total. The molecule has 0 saturated carbocycles. The lowest BCUT2D eigenvalue weighted by atomic mass is 10.3. The van der Waals surface area contributed by atoms with Crippen molar-refractivity contribution in [3.63, 3.8) is 0 Å². The zero-order valence-corrected chi connectivity index (χ0v) is 8.33. The molecule has 0 aromatic carbocycles. The Labute approximate surface area is 86.1 Å². The third-order valence-electron chi connectivity index (χ3n) is 1.72. The minimum Gasteiger partial charge on any atom is -0.390 e. The maximum atomic E-state index is 10.3. The average Bonchev–Trinajstić information content (AvgIpc) is 2.63. The SMILES string of the molecule is CCNCC(O)Cn1cnc([N+](=O)[O-])n1. The maximum absolute atomic E-state index is 10.3. The van der Waals surface area contributed by atoms with Gasteiger partial charge in [-0.05, 0) is 11.5 Å². The van der Waals surface area contributed by atoms with Crippen molar-refractivity contribution in [1.82, 2.24) is 20.1 Å². The molecule has 0 radical (unpaired) electrons. The van der Waals surface area contributed by atoms with E-state index in [9.17, 15) is 15.2 Å². The van der Waals surface area contributed by atoms with E-state index in [2.05, 4.69) is 15.4 Å². The number of nitrogens with one attached hydrogen (secondary N) is 1. The van der Waals surface area contributed by atoms with Gasteiger partial charge in [0.25, 0.3) is 0 Å². The molecule has 1 atom stereocenters. The zero-order valence-electron chi connectivity index (χ0n) is 8.33. The summed E-state index contributed by atoms with van der Waals surface area (Å²) in [7, 11) is 0. The van der Waals surface area contributed by atoms with Gasteiger partial charge in [-0.25, -0.2) is 0 Å². The minimum absolute atomic E-state index is 0.188. The summed E-state index contributed by atoms with van der Waals surface area (Å²) in [4.78, 5) is 13.1. The van der Waals surface area contributed by atoms with Gasteiger partial charge in [0.1, 0.15) is 0 Å². The molecule has 1 aromatic heterocycles. The highest BCUT2D eigenvalue weighted by Gasteiger charge is 2.15. The molecule has 1 heterocycles. The van der Waals surface area contributed by atoms with Crippen LogP contribution in [0.1, 0.15) is 6.92 Å². The minimum atomic E-state index is -0.673. The molecule has 15 heavy (non-hydrogen) atoms. The average molecular weight is 215 g/mol. The van der Waals surface area contributed by atoms with Gasteiger partial charge in [0, 0.05) is 11.6 Å². The summed E-state index contributed by atoms with van der Waals surface area (Å²) < 4.78 is 1.25. The van der Waals surface area contributed by atoms with Gasteiger partial charge in [0.2, 0.25) is 6.33 Å². The normalized spacial score (nSPS) is 12.7. The topological polar surface area (TPSA) is 106 Å². The molecule has 84 valence electrons. The van der Waals surface area contributed by atoms with Crippen molar-refractivity contribution in [2.45, 2.75) is 19.6 Å². The van der Waals surface area contributed by atoms with E-state index in [0.717, 1.165) is 6.54 Å². The molecule has 0 spiro atoms. The summed E-state index contributed by atoms with van der Waals surface area (Å²) in [5.41, 5.74) is 0. The van der Waals surface area contributed by atoms with Gasteiger partial charge in [-0.15, -0.1) is 0 Å². The van der Waals surface area contributed by atoms with Gasteiger partial charge >= 0.3 is 5.95 Å². The molecule has 0 fully saturated rings. The van der Waals surface area contributed by atoms with Crippen LogP contribution in [0.5, 0.6) is 0 Å². The van der Waals surface area contributed by atoms with Crippen LogP contribution in [-0.4, -0.2) is 44.0 Å². The molecule has 8 heteroatoms. The Morgan fingerprint density at radius 2 is 2.53 bits per heavy atom. The molecule has 0 aliphatic heterocycles. The molecule has 0 aliphatic rings. The number of rotatable bonds is 6. The monoisotopic (exact) mass is 215 g/mol. The summed E-state index contributed by atoms with van der Waals surface area (Å²) in [6.45, 7) is 3.29. The van der Waals surface area contributed by atoms with Crippen LogP contribution >= 0.6 is 0 Å². The second-order valence-electron chi connectivity index (χ2n) is 2.99. The quantitative estimate of drug-likeness (QED) is 0.473. The fraction of sp³-hybridized carbons (Fsp3) is 0.714. The predicted octanol–water partition coefficient (Wildman–Crippen LogP) is -0.843. The molecule has 0 bridgehead atoms. The van der Waals surface area contributed by atoms with Gasteiger partial charge in [-0.2, -0.15) is 4.68 Å². The Morgan fingerprint density at radius 1 is 1.80 bits per heavy atom.